The molecule has 146 valence electrons. The summed E-state index contributed by atoms with van der Waals surface area (Å²) in [7, 11) is 1.51. The summed E-state index contributed by atoms with van der Waals surface area (Å²) in [6.07, 6.45) is 0. The van der Waals surface area contributed by atoms with Gasteiger partial charge < -0.3 is 18.6 Å². The highest BCUT2D eigenvalue weighted by Crippen LogP contribution is 2.35. The molecule has 8 heteroatoms. The molecule has 0 bridgehead atoms. The number of methoxy groups -OCH3 is 1. The lowest BCUT2D eigenvalue weighted by molar-refractivity contribution is 0.0388. The minimum atomic E-state index is -0.663. The first-order valence-electron chi connectivity index (χ1n) is 8.27. The number of esters is 2. The molecule has 0 aliphatic carbocycles. The lowest BCUT2D eigenvalue weighted by Gasteiger charge is -2.07. The number of hydrogen-bond acceptors (Lipinski definition) is 6. The maximum atomic E-state index is 13.0. The fourth-order valence-electron chi connectivity index (χ4n) is 2.59. The van der Waals surface area contributed by atoms with Crippen molar-refractivity contribution in [3.05, 3.63) is 63.6 Å². The van der Waals surface area contributed by atoms with Gasteiger partial charge in [-0.1, -0.05) is 0 Å². The van der Waals surface area contributed by atoms with E-state index in [-0.39, 0.29) is 30.1 Å². The Labute approximate surface area is 168 Å². The number of benzene rings is 2. The van der Waals surface area contributed by atoms with Crippen molar-refractivity contribution in [2.24, 2.45) is 0 Å². The zero-order valence-corrected chi connectivity index (χ0v) is 16.7. The number of rotatable bonds is 6. The van der Waals surface area contributed by atoms with Crippen LogP contribution in [0.1, 0.15) is 26.5 Å². The van der Waals surface area contributed by atoms with Crippen LogP contribution >= 0.6 is 15.9 Å². The van der Waals surface area contributed by atoms with Gasteiger partial charge >= 0.3 is 11.9 Å². The van der Waals surface area contributed by atoms with Crippen molar-refractivity contribution in [2.45, 2.75) is 6.92 Å². The fourth-order valence-corrected chi connectivity index (χ4v) is 2.99. The molecule has 0 fully saturated rings. The van der Waals surface area contributed by atoms with Gasteiger partial charge in [-0.05, 0) is 59.3 Å². The number of halogens is 2. The van der Waals surface area contributed by atoms with E-state index in [9.17, 15) is 14.0 Å². The van der Waals surface area contributed by atoms with Crippen molar-refractivity contribution in [3.8, 4) is 5.75 Å². The average Bonchev–Trinajstić information content (AvgIpc) is 2.97. The summed E-state index contributed by atoms with van der Waals surface area (Å²) in [4.78, 5) is 24.7. The molecule has 0 atom stereocenters. The van der Waals surface area contributed by atoms with Crippen LogP contribution in [0, 0.1) is 12.7 Å². The van der Waals surface area contributed by atoms with E-state index in [0.29, 0.717) is 21.2 Å². The van der Waals surface area contributed by atoms with Gasteiger partial charge in [-0.2, -0.15) is 0 Å². The Hall–Kier alpha value is -2.71. The standard InChI is InChI=1S/C20H16BrFO6/c1-11-18(20(24)26-8-7-25-2)14-9-17(15(21)10-16(14)27-11)28-19(23)12-3-5-13(22)6-4-12/h3-6,9-10H,7-8H2,1-2H3. The van der Waals surface area contributed by atoms with E-state index in [4.69, 9.17) is 18.6 Å². The molecule has 0 radical (unpaired) electrons. The highest BCUT2D eigenvalue weighted by molar-refractivity contribution is 9.10. The molecule has 0 amide bonds. The molecular formula is C20H16BrFO6. The second-order valence-electron chi connectivity index (χ2n) is 5.84. The molecule has 6 nitrogen and oxygen atoms in total. The molecule has 0 saturated carbocycles. The third-order valence-electron chi connectivity index (χ3n) is 3.93. The number of hydrogen-bond donors (Lipinski definition) is 0. The predicted molar refractivity (Wildman–Crippen MR) is 102 cm³/mol. The quantitative estimate of drug-likeness (QED) is 0.308. The first kappa shape index (κ1) is 20.0. The van der Waals surface area contributed by atoms with E-state index >= 15 is 0 Å². The molecule has 0 spiro atoms. The van der Waals surface area contributed by atoms with Crippen LogP contribution in [-0.4, -0.2) is 32.3 Å². The van der Waals surface area contributed by atoms with Crippen molar-refractivity contribution in [1.29, 1.82) is 0 Å². The molecule has 1 aromatic heterocycles. The van der Waals surface area contributed by atoms with Gasteiger partial charge in [0.25, 0.3) is 0 Å². The zero-order chi connectivity index (χ0) is 20.3. The van der Waals surface area contributed by atoms with Crippen molar-refractivity contribution >= 4 is 38.8 Å². The third kappa shape index (κ3) is 4.23. The van der Waals surface area contributed by atoms with Gasteiger partial charge in [0.1, 0.15) is 35.1 Å². The highest BCUT2D eigenvalue weighted by Gasteiger charge is 2.22. The first-order chi connectivity index (χ1) is 13.4. The Morgan fingerprint density at radius 1 is 1.11 bits per heavy atom. The maximum absolute atomic E-state index is 13.0. The third-order valence-corrected chi connectivity index (χ3v) is 4.55. The van der Waals surface area contributed by atoms with Crippen LogP contribution in [0.15, 0.2) is 45.3 Å². The summed E-state index contributed by atoms with van der Waals surface area (Å²) in [5.74, 6) is -1.11. The van der Waals surface area contributed by atoms with Crippen LogP contribution in [0.25, 0.3) is 11.0 Å². The number of carbonyl (C=O) groups excluding carboxylic acids is 2. The van der Waals surface area contributed by atoms with Crippen molar-refractivity contribution in [1.82, 2.24) is 0 Å². The Balaban J connectivity index is 1.92. The molecule has 28 heavy (non-hydrogen) atoms. The normalized spacial score (nSPS) is 10.9. The van der Waals surface area contributed by atoms with E-state index in [1.165, 1.54) is 37.4 Å². The van der Waals surface area contributed by atoms with Gasteiger partial charge in [-0.25, -0.2) is 14.0 Å². The van der Waals surface area contributed by atoms with Gasteiger partial charge in [0.15, 0.2) is 0 Å². The Kier molecular flexibility index (Phi) is 6.11. The summed E-state index contributed by atoms with van der Waals surface area (Å²) in [5, 5.41) is 0.449. The minimum absolute atomic E-state index is 0.102. The van der Waals surface area contributed by atoms with Crippen LogP contribution < -0.4 is 4.74 Å². The average molecular weight is 451 g/mol. The molecule has 3 aromatic rings. The lowest BCUT2D eigenvalue weighted by atomic mass is 10.1. The molecular weight excluding hydrogens is 435 g/mol. The van der Waals surface area contributed by atoms with Crippen molar-refractivity contribution in [3.63, 3.8) is 0 Å². The lowest BCUT2D eigenvalue weighted by Crippen LogP contribution is -2.11. The van der Waals surface area contributed by atoms with Gasteiger partial charge in [0.05, 0.1) is 16.6 Å². The topological polar surface area (TPSA) is 75.0 Å². The fraction of sp³-hybridized carbons (Fsp3) is 0.200. The smallest absolute Gasteiger partial charge is 0.343 e. The number of carbonyl (C=O) groups is 2. The molecule has 0 aliphatic heterocycles. The summed E-state index contributed by atoms with van der Waals surface area (Å²) in [5.41, 5.74) is 0.873. The van der Waals surface area contributed by atoms with Gasteiger partial charge in [-0.3, -0.25) is 0 Å². The van der Waals surface area contributed by atoms with Crippen LogP contribution in [-0.2, 0) is 9.47 Å². The number of fused-ring (bicyclic) bond motifs is 1. The van der Waals surface area contributed by atoms with E-state index in [1.807, 2.05) is 0 Å². The molecule has 0 saturated heterocycles. The Morgan fingerprint density at radius 2 is 1.82 bits per heavy atom. The van der Waals surface area contributed by atoms with Gasteiger partial charge in [-0.15, -0.1) is 0 Å². The van der Waals surface area contributed by atoms with Crippen molar-refractivity contribution < 1.29 is 32.6 Å². The largest absolute Gasteiger partial charge is 0.460 e. The molecule has 1 heterocycles. The molecule has 0 N–H and O–H groups in total. The zero-order valence-electron chi connectivity index (χ0n) is 15.1. The number of furan rings is 1. The van der Waals surface area contributed by atoms with E-state index in [2.05, 4.69) is 15.9 Å². The van der Waals surface area contributed by atoms with Gasteiger partial charge in [0, 0.05) is 12.5 Å². The van der Waals surface area contributed by atoms with E-state index in [1.54, 1.807) is 13.0 Å². The van der Waals surface area contributed by atoms with Crippen LogP contribution in [0.4, 0.5) is 4.39 Å². The number of ether oxygens (including phenoxy) is 3. The van der Waals surface area contributed by atoms with E-state index < -0.39 is 17.8 Å². The van der Waals surface area contributed by atoms with E-state index in [0.717, 1.165) is 0 Å². The van der Waals surface area contributed by atoms with Crippen molar-refractivity contribution in [2.75, 3.05) is 20.3 Å². The molecule has 0 unspecified atom stereocenters. The maximum Gasteiger partial charge on any atom is 0.343 e. The first-order valence-corrected chi connectivity index (χ1v) is 9.06. The minimum Gasteiger partial charge on any atom is -0.460 e. The summed E-state index contributed by atoms with van der Waals surface area (Å²) < 4.78 is 34.5. The van der Waals surface area contributed by atoms with Crippen LogP contribution in [0.2, 0.25) is 0 Å². The monoisotopic (exact) mass is 450 g/mol. The van der Waals surface area contributed by atoms with Crippen LogP contribution in [0.3, 0.4) is 0 Å². The summed E-state index contributed by atoms with van der Waals surface area (Å²) in [6.45, 7) is 2.02. The van der Waals surface area contributed by atoms with Gasteiger partial charge in [0.2, 0.25) is 0 Å². The number of aryl methyl sites for hydroxylation is 1. The predicted octanol–water partition coefficient (Wildman–Crippen LogP) is 4.67. The summed E-state index contributed by atoms with van der Waals surface area (Å²) >= 11 is 3.32. The Bertz CT molecular complexity index is 1030. The SMILES string of the molecule is COCCOC(=O)c1c(C)oc2cc(Br)c(OC(=O)c3ccc(F)cc3)cc12. The second kappa shape index (κ2) is 8.53. The van der Waals surface area contributed by atoms with Crippen LogP contribution in [0.5, 0.6) is 5.75 Å². The highest BCUT2D eigenvalue weighted by atomic mass is 79.9. The molecule has 0 aliphatic rings. The Morgan fingerprint density at radius 3 is 2.50 bits per heavy atom. The second-order valence-corrected chi connectivity index (χ2v) is 6.69. The summed E-state index contributed by atoms with van der Waals surface area (Å²) in [6, 6.07) is 8.10. The molecule has 2 aromatic carbocycles. The molecule has 3 rings (SSSR count).